The predicted octanol–water partition coefficient (Wildman–Crippen LogP) is 1.94. The number of piperazine rings is 1. The molecule has 1 aliphatic heterocycles. The monoisotopic (exact) mass is 335 g/mol. The number of benzene rings is 1. The summed E-state index contributed by atoms with van der Waals surface area (Å²) in [5, 5.41) is 7.28. The van der Waals surface area contributed by atoms with Crippen LogP contribution in [0.4, 0.5) is 5.69 Å². The van der Waals surface area contributed by atoms with Gasteiger partial charge in [0, 0.05) is 62.6 Å². The predicted molar refractivity (Wildman–Crippen MR) is 99.6 cm³/mol. The van der Waals surface area contributed by atoms with E-state index in [2.05, 4.69) is 45.1 Å². The molecule has 126 valence electrons. The molecular weight excluding hydrogens is 310 g/mol. The highest BCUT2D eigenvalue weighted by Gasteiger charge is 2.18. The minimum absolute atomic E-state index is 0.637. The Balaban J connectivity index is 2.10. The van der Waals surface area contributed by atoms with E-state index in [1.165, 1.54) is 5.69 Å². The van der Waals surface area contributed by atoms with Gasteiger partial charge in [0.25, 0.3) is 0 Å². The van der Waals surface area contributed by atoms with E-state index in [4.69, 9.17) is 11.6 Å². The largest absolute Gasteiger partial charge is 0.369 e. The summed E-state index contributed by atoms with van der Waals surface area (Å²) in [5.41, 5.74) is 2.32. The number of hydrogen-bond donors (Lipinski definition) is 2. The van der Waals surface area contributed by atoms with E-state index in [0.717, 1.165) is 42.7 Å². The van der Waals surface area contributed by atoms with Gasteiger partial charge in [0.05, 0.1) is 0 Å². The molecule has 0 radical (unpaired) electrons. The van der Waals surface area contributed by atoms with Crippen molar-refractivity contribution in [2.75, 3.05) is 51.7 Å². The highest BCUT2D eigenvalue weighted by molar-refractivity contribution is 6.31. The second kappa shape index (κ2) is 8.79. The van der Waals surface area contributed by atoms with Crippen LogP contribution in [0.1, 0.15) is 5.56 Å². The van der Waals surface area contributed by atoms with Gasteiger partial charge in [-0.3, -0.25) is 4.99 Å². The fourth-order valence-electron chi connectivity index (χ4n) is 2.63. The smallest absolute Gasteiger partial charge is 0.191 e. The molecule has 1 aromatic carbocycles. The van der Waals surface area contributed by atoms with Crippen LogP contribution in [0.5, 0.6) is 0 Å². The van der Waals surface area contributed by atoms with Gasteiger partial charge in [-0.05, 0) is 19.2 Å². The number of anilines is 1. The Morgan fingerprint density at radius 2 is 2.04 bits per heavy atom. The normalized spacial score (nSPS) is 16.3. The average Bonchev–Trinajstić information content (AvgIpc) is 2.57. The lowest BCUT2D eigenvalue weighted by Gasteiger charge is -2.35. The van der Waals surface area contributed by atoms with E-state index >= 15 is 0 Å². The molecule has 0 saturated carbocycles. The van der Waals surface area contributed by atoms with Gasteiger partial charge < -0.3 is 20.4 Å². The summed E-state index contributed by atoms with van der Waals surface area (Å²) in [7, 11) is 3.92. The number of rotatable bonds is 5. The molecule has 0 bridgehead atoms. The van der Waals surface area contributed by atoms with Gasteiger partial charge in [-0.1, -0.05) is 23.7 Å². The molecule has 1 heterocycles. The first-order valence-corrected chi connectivity index (χ1v) is 8.29. The third-order valence-corrected chi connectivity index (χ3v) is 4.36. The molecular formula is C17H26ClN5. The zero-order chi connectivity index (χ0) is 16.7. The molecule has 2 rings (SSSR count). The third kappa shape index (κ3) is 4.88. The maximum atomic E-state index is 6.45. The van der Waals surface area contributed by atoms with Crippen LogP contribution in [0.25, 0.3) is 0 Å². The Bertz CT molecular complexity index is 550. The quantitative estimate of drug-likeness (QED) is 0.490. The molecule has 1 saturated heterocycles. The minimum Gasteiger partial charge on any atom is -0.369 e. The Kier molecular flexibility index (Phi) is 6.74. The van der Waals surface area contributed by atoms with E-state index in [-0.39, 0.29) is 0 Å². The molecule has 0 atom stereocenters. The summed E-state index contributed by atoms with van der Waals surface area (Å²) in [4.78, 5) is 8.96. The van der Waals surface area contributed by atoms with Gasteiger partial charge in [-0.25, -0.2) is 0 Å². The van der Waals surface area contributed by atoms with Crippen molar-refractivity contribution in [3.8, 4) is 0 Å². The molecule has 23 heavy (non-hydrogen) atoms. The van der Waals surface area contributed by atoms with Crippen molar-refractivity contribution in [3.05, 3.63) is 41.4 Å². The molecule has 0 unspecified atom stereocenters. The number of halogens is 1. The van der Waals surface area contributed by atoms with Gasteiger partial charge >= 0.3 is 0 Å². The van der Waals surface area contributed by atoms with Crippen molar-refractivity contribution in [3.63, 3.8) is 0 Å². The van der Waals surface area contributed by atoms with Crippen molar-refractivity contribution in [1.82, 2.24) is 15.5 Å². The fourth-order valence-corrected chi connectivity index (χ4v) is 2.86. The van der Waals surface area contributed by atoms with Gasteiger partial charge in [0.2, 0.25) is 0 Å². The third-order valence-electron chi connectivity index (χ3n) is 4.01. The standard InChI is InChI=1S/C17H26ClN5/c1-4-8-20-17(19-2)21-13-14-15(18)6-5-7-16(14)23-11-9-22(3)10-12-23/h4-7H,1,8-13H2,2-3H3,(H2,19,20,21). The zero-order valence-electron chi connectivity index (χ0n) is 14.0. The van der Waals surface area contributed by atoms with Crippen LogP contribution >= 0.6 is 11.6 Å². The lowest BCUT2D eigenvalue weighted by molar-refractivity contribution is 0.312. The number of nitrogens with one attached hydrogen (secondary N) is 2. The molecule has 0 spiro atoms. The minimum atomic E-state index is 0.637. The number of likely N-dealkylation sites (N-methyl/N-ethyl adjacent to an activating group) is 1. The SMILES string of the molecule is C=CCNC(=NC)NCc1c(Cl)cccc1N1CCN(C)CC1. The molecule has 0 aromatic heterocycles. The molecule has 1 aromatic rings. The Hall–Kier alpha value is -1.72. The number of aliphatic imine (C=N–C) groups is 1. The maximum absolute atomic E-state index is 6.45. The lowest BCUT2D eigenvalue weighted by atomic mass is 10.1. The van der Waals surface area contributed by atoms with Crippen molar-refractivity contribution < 1.29 is 0 Å². The van der Waals surface area contributed by atoms with Crippen molar-refractivity contribution in [1.29, 1.82) is 0 Å². The van der Waals surface area contributed by atoms with E-state index in [1.807, 2.05) is 12.1 Å². The van der Waals surface area contributed by atoms with Crippen molar-refractivity contribution in [2.45, 2.75) is 6.54 Å². The van der Waals surface area contributed by atoms with E-state index in [0.29, 0.717) is 13.1 Å². The average molecular weight is 336 g/mol. The Morgan fingerprint density at radius 1 is 1.30 bits per heavy atom. The molecule has 0 aliphatic carbocycles. The second-order valence-corrected chi connectivity index (χ2v) is 6.03. The summed E-state index contributed by atoms with van der Waals surface area (Å²) in [6.45, 7) is 9.20. The molecule has 1 aliphatic rings. The topological polar surface area (TPSA) is 42.9 Å². The van der Waals surface area contributed by atoms with Crippen LogP contribution in [0.2, 0.25) is 5.02 Å². The van der Waals surface area contributed by atoms with Gasteiger partial charge in [0.1, 0.15) is 0 Å². The summed E-state index contributed by atoms with van der Waals surface area (Å²) >= 11 is 6.45. The number of hydrogen-bond acceptors (Lipinski definition) is 3. The van der Waals surface area contributed by atoms with E-state index in [1.54, 1.807) is 13.1 Å². The van der Waals surface area contributed by atoms with Crippen LogP contribution in [0.3, 0.4) is 0 Å². The van der Waals surface area contributed by atoms with Crippen molar-refractivity contribution in [2.24, 2.45) is 4.99 Å². The highest BCUT2D eigenvalue weighted by atomic mass is 35.5. The van der Waals surface area contributed by atoms with Crippen LogP contribution < -0.4 is 15.5 Å². The first-order chi connectivity index (χ1) is 11.2. The van der Waals surface area contributed by atoms with E-state index < -0.39 is 0 Å². The fraction of sp³-hybridized carbons (Fsp3) is 0.471. The first-order valence-electron chi connectivity index (χ1n) is 7.92. The first kappa shape index (κ1) is 17.6. The zero-order valence-corrected chi connectivity index (χ0v) is 14.7. The Labute approximate surface area is 144 Å². The maximum Gasteiger partial charge on any atom is 0.191 e. The molecule has 0 amide bonds. The van der Waals surface area contributed by atoms with Crippen LogP contribution in [0.15, 0.2) is 35.8 Å². The number of nitrogens with zero attached hydrogens (tertiary/aromatic N) is 3. The Morgan fingerprint density at radius 3 is 2.70 bits per heavy atom. The molecule has 2 N–H and O–H groups in total. The van der Waals surface area contributed by atoms with Gasteiger partial charge in [-0.2, -0.15) is 0 Å². The summed E-state index contributed by atoms with van der Waals surface area (Å²) in [6, 6.07) is 6.11. The summed E-state index contributed by atoms with van der Waals surface area (Å²) in [6.07, 6.45) is 1.80. The summed E-state index contributed by atoms with van der Waals surface area (Å²) < 4.78 is 0. The highest BCUT2D eigenvalue weighted by Crippen LogP contribution is 2.28. The number of guanidine groups is 1. The van der Waals surface area contributed by atoms with Gasteiger partial charge in [0.15, 0.2) is 5.96 Å². The van der Waals surface area contributed by atoms with Crippen LogP contribution in [0, 0.1) is 0 Å². The second-order valence-electron chi connectivity index (χ2n) is 5.62. The van der Waals surface area contributed by atoms with Crippen LogP contribution in [-0.4, -0.2) is 57.7 Å². The van der Waals surface area contributed by atoms with Crippen molar-refractivity contribution >= 4 is 23.2 Å². The molecule has 1 fully saturated rings. The molecule has 5 nitrogen and oxygen atoms in total. The lowest BCUT2D eigenvalue weighted by Crippen LogP contribution is -2.45. The van der Waals surface area contributed by atoms with Gasteiger partial charge in [-0.15, -0.1) is 6.58 Å². The van der Waals surface area contributed by atoms with E-state index in [9.17, 15) is 0 Å². The molecule has 6 heteroatoms. The van der Waals surface area contributed by atoms with Crippen LogP contribution in [-0.2, 0) is 6.54 Å². The summed E-state index contributed by atoms with van der Waals surface area (Å²) in [5.74, 6) is 0.745.